The van der Waals surface area contributed by atoms with Crippen LogP contribution in [0, 0.1) is 0 Å². The minimum absolute atomic E-state index is 0.167. The Morgan fingerprint density at radius 2 is 2.05 bits per heavy atom. The molecule has 5 nitrogen and oxygen atoms in total. The number of aryl methyl sites for hydroxylation is 1. The highest BCUT2D eigenvalue weighted by molar-refractivity contribution is 5.80. The van der Waals surface area contributed by atoms with Gasteiger partial charge in [-0.2, -0.15) is 5.10 Å². The van der Waals surface area contributed by atoms with Crippen LogP contribution in [0.5, 0.6) is 11.5 Å². The van der Waals surface area contributed by atoms with Crippen molar-refractivity contribution in [2.45, 2.75) is 6.43 Å². The van der Waals surface area contributed by atoms with E-state index in [-0.39, 0.29) is 17.1 Å². The lowest BCUT2D eigenvalue weighted by Crippen LogP contribution is -1.99. The van der Waals surface area contributed by atoms with Crippen molar-refractivity contribution >= 4 is 5.82 Å². The Hall–Kier alpha value is -2.31. The van der Waals surface area contributed by atoms with Crippen molar-refractivity contribution in [3.8, 4) is 22.6 Å². The molecule has 0 aliphatic rings. The number of anilines is 1. The molecule has 19 heavy (non-hydrogen) atoms. The molecule has 0 spiro atoms. The molecule has 1 aromatic heterocycles. The molecule has 0 amide bonds. The number of nitrogens with zero attached hydrogens (tertiary/aromatic N) is 2. The lowest BCUT2D eigenvalue weighted by Gasteiger charge is -2.11. The minimum Gasteiger partial charge on any atom is -0.507 e. The number of rotatable bonds is 3. The number of hydrogen-bond donors (Lipinski definition) is 2. The number of aromatic nitrogens is 2. The molecule has 1 aromatic carbocycles. The number of nitrogens with two attached hydrogens (primary N) is 1. The van der Waals surface area contributed by atoms with Crippen molar-refractivity contribution in [1.82, 2.24) is 9.78 Å². The summed E-state index contributed by atoms with van der Waals surface area (Å²) in [5.41, 5.74) is 5.82. The van der Waals surface area contributed by atoms with Crippen molar-refractivity contribution < 1.29 is 18.6 Å². The molecule has 0 saturated carbocycles. The van der Waals surface area contributed by atoms with Crippen LogP contribution in [0.3, 0.4) is 0 Å². The Bertz CT molecular complexity index is 611. The van der Waals surface area contributed by atoms with Gasteiger partial charge in [-0.1, -0.05) is 0 Å². The average Bonchev–Trinajstić information content (AvgIpc) is 2.70. The Labute approximate surface area is 108 Å². The number of methoxy groups -OCH3 is 1. The fourth-order valence-electron chi connectivity index (χ4n) is 1.77. The van der Waals surface area contributed by atoms with E-state index in [9.17, 15) is 13.9 Å². The van der Waals surface area contributed by atoms with E-state index in [1.807, 2.05) is 0 Å². The first-order chi connectivity index (χ1) is 8.95. The van der Waals surface area contributed by atoms with Gasteiger partial charge in [-0.15, -0.1) is 0 Å². The maximum atomic E-state index is 12.9. The van der Waals surface area contributed by atoms with Gasteiger partial charge in [0.05, 0.1) is 18.9 Å². The van der Waals surface area contributed by atoms with E-state index in [0.29, 0.717) is 5.56 Å². The van der Waals surface area contributed by atoms with Gasteiger partial charge in [0, 0.05) is 18.2 Å². The van der Waals surface area contributed by atoms with Gasteiger partial charge in [0.15, 0.2) is 0 Å². The monoisotopic (exact) mass is 269 g/mol. The van der Waals surface area contributed by atoms with E-state index >= 15 is 0 Å². The van der Waals surface area contributed by atoms with Crippen molar-refractivity contribution in [2.24, 2.45) is 7.05 Å². The summed E-state index contributed by atoms with van der Waals surface area (Å²) in [7, 11) is 2.97. The molecule has 0 atom stereocenters. The van der Waals surface area contributed by atoms with Gasteiger partial charge in [-0.25, -0.2) is 8.78 Å². The van der Waals surface area contributed by atoms with Gasteiger partial charge in [-0.3, -0.25) is 4.68 Å². The molecular weight excluding hydrogens is 256 g/mol. The summed E-state index contributed by atoms with van der Waals surface area (Å²) < 4.78 is 32.1. The number of phenols is 1. The van der Waals surface area contributed by atoms with Crippen LogP contribution in [0.25, 0.3) is 11.1 Å². The molecule has 102 valence electrons. The van der Waals surface area contributed by atoms with E-state index in [2.05, 4.69) is 5.10 Å². The lowest BCUT2D eigenvalue weighted by atomic mass is 10.0. The van der Waals surface area contributed by atoms with E-state index in [4.69, 9.17) is 10.5 Å². The highest BCUT2D eigenvalue weighted by atomic mass is 19.3. The summed E-state index contributed by atoms with van der Waals surface area (Å²) in [5, 5.41) is 13.9. The highest BCUT2D eigenvalue weighted by Crippen LogP contribution is 2.41. The zero-order valence-corrected chi connectivity index (χ0v) is 10.4. The molecule has 0 aliphatic carbocycles. The maximum absolute atomic E-state index is 12.9. The first-order valence-electron chi connectivity index (χ1n) is 5.42. The van der Waals surface area contributed by atoms with Crippen LogP contribution < -0.4 is 10.5 Å². The van der Waals surface area contributed by atoms with Crippen molar-refractivity contribution in [3.05, 3.63) is 23.9 Å². The second kappa shape index (κ2) is 4.75. The summed E-state index contributed by atoms with van der Waals surface area (Å²) >= 11 is 0. The summed E-state index contributed by atoms with van der Waals surface area (Å²) in [4.78, 5) is 0. The molecule has 2 rings (SSSR count). The summed E-state index contributed by atoms with van der Waals surface area (Å²) in [6, 6.07) is 2.53. The Balaban J connectivity index is 2.69. The zero-order chi connectivity index (χ0) is 14.2. The quantitative estimate of drug-likeness (QED) is 0.896. The van der Waals surface area contributed by atoms with Crippen LogP contribution in [0.2, 0.25) is 0 Å². The fourth-order valence-corrected chi connectivity index (χ4v) is 1.77. The number of nitrogen functional groups attached to an aromatic ring is 1. The largest absolute Gasteiger partial charge is 0.507 e. The van der Waals surface area contributed by atoms with Crippen molar-refractivity contribution in [2.75, 3.05) is 12.8 Å². The topological polar surface area (TPSA) is 73.3 Å². The number of phenolic OH excluding ortho intramolecular Hbond substituents is 1. The Kier molecular flexibility index (Phi) is 3.28. The third-order valence-corrected chi connectivity index (χ3v) is 2.86. The normalized spacial score (nSPS) is 11.0. The van der Waals surface area contributed by atoms with Gasteiger partial charge in [0.1, 0.15) is 17.3 Å². The second-order valence-electron chi connectivity index (χ2n) is 3.98. The van der Waals surface area contributed by atoms with Gasteiger partial charge >= 0.3 is 0 Å². The number of halogens is 2. The number of alkyl halides is 2. The van der Waals surface area contributed by atoms with Crippen molar-refractivity contribution in [3.63, 3.8) is 0 Å². The van der Waals surface area contributed by atoms with Crippen LogP contribution in [-0.4, -0.2) is 22.0 Å². The molecule has 7 heteroatoms. The lowest BCUT2D eigenvalue weighted by molar-refractivity contribution is 0.147. The van der Waals surface area contributed by atoms with E-state index < -0.39 is 17.7 Å². The molecule has 0 radical (unpaired) electrons. The standard InChI is InChI=1S/C12H13F2N3O2/c1-17-12(15)9(5-16-17)7-3-6(19-2)4-8(10(7)18)11(13)14/h3-5,11,18H,15H2,1-2H3. The Morgan fingerprint density at radius 1 is 1.37 bits per heavy atom. The average molecular weight is 269 g/mol. The van der Waals surface area contributed by atoms with E-state index in [1.165, 1.54) is 24.1 Å². The Morgan fingerprint density at radius 3 is 2.53 bits per heavy atom. The zero-order valence-electron chi connectivity index (χ0n) is 10.4. The van der Waals surface area contributed by atoms with Crippen LogP contribution in [0.4, 0.5) is 14.6 Å². The number of ether oxygens (including phenoxy) is 1. The SMILES string of the molecule is COc1cc(-c2cnn(C)c2N)c(O)c(C(F)F)c1. The smallest absolute Gasteiger partial charge is 0.267 e. The molecule has 3 N–H and O–H groups in total. The number of aromatic hydroxyl groups is 1. The number of hydrogen-bond acceptors (Lipinski definition) is 4. The molecule has 0 aliphatic heterocycles. The van der Waals surface area contributed by atoms with Crippen LogP contribution in [0.1, 0.15) is 12.0 Å². The number of benzene rings is 1. The third-order valence-electron chi connectivity index (χ3n) is 2.86. The van der Waals surface area contributed by atoms with E-state index in [1.54, 1.807) is 7.05 Å². The first kappa shape index (κ1) is 13.1. The highest BCUT2D eigenvalue weighted by Gasteiger charge is 2.21. The molecule has 1 heterocycles. The molecule has 0 saturated heterocycles. The minimum atomic E-state index is -2.81. The second-order valence-corrected chi connectivity index (χ2v) is 3.98. The van der Waals surface area contributed by atoms with Gasteiger partial charge in [0.2, 0.25) is 0 Å². The first-order valence-corrected chi connectivity index (χ1v) is 5.42. The summed E-state index contributed by atoms with van der Waals surface area (Å²) in [6.07, 6.45) is -1.41. The van der Waals surface area contributed by atoms with Crippen LogP contribution in [0.15, 0.2) is 18.3 Å². The third kappa shape index (κ3) is 2.18. The summed E-state index contributed by atoms with van der Waals surface area (Å²) in [6.45, 7) is 0. The molecule has 0 unspecified atom stereocenters. The van der Waals surface area contributed by atoms with E-state index in [0.717, 1.165) is 6.07 Å². The summed E-state index contributed by atoms with van der Waals surface area (Å²) in [5.74, 6) is -0.0365. The predicted octanol–water partition coefficient (Wildman–Crippen LogP) is 2.32. The molecular formula is C12H13F2N3O2. The molecule has 2 aromatic rings. The fraction of sp³-hybridized carbons (Fsp3) is 0.250. The predicted molar refractivity (Wildman–Crippen MR) is 66.2 cm³/mol. The molecule has 0 bridgehead atoms. The maximum Gasteiger partial charge on any atom is 0.267 e. The van der Waals surface area contributed by atoms with Gasteiger partial charge in [-0.05, 0) is 12.1 Å². The van der Waals surface area contributed by atoms with Gasteiger partial charge < -0.3 is 15.6 Å². The van der Waals surface area contributed by atoms with Crippen LogP contribution >= 0.6 is 0 Å². The van der Waals surface area contributed by atoms with Gasteiger partial charge in [0.25, 0.3) is 6.43 Å². The van der Waals surface area contributed by atoms with Crippen molar-refractivity contribution in [1.29, 1.82) is 0 Å². The van der Waals surface area contributed by atoms with Crippen LogP contribution in [-0.2, 0) is 7.05 Å². The molecule has 0 fully saturated rings.